The maximum atomic E-state index is 5.20. The standard InChI is InChI=1S/C15H26BrN3O/c1-15(7-5-4-6-8-15)14(17-2)13-12(16)11-18-19(13)9-10-20-3/h11,14,17H,4-10H2,1-3H3. The number of hydrogen-bond acceptors (Lipinski definition) is 3. The van der Waals surface area contributed by atoms with Crippen LogP contribution in [0, 0.1) is 5.41 Å². The lowest BCUT2D eigenvalue weighted by Gasteiger charge is -2.41. The quantitative estimate of drug-likeness (QED) is 0.858. The summed E-state index contributed by atoms with van der Waals surface area (Å²) in [6, 6.07) is 0.330. The largest absolute Gasteiger partial charge is 0.383 e. The number of aromatic nitrogens is 2. The van der Waals surface area contributed by atoms with Gasteiger partial charge in [0.25, 0.3) is 0 Å². The summed E-state index contributed by atoms with van der Waals surface area (Å²) < 4.78 is 8.37. The maximum Gasteiger partial charge on any atom is 0.0702 e. The molecular weight excluding hydrogens is 318 g/mol. The number of hydrogen-bond donors (Lipinski definition) is 1. The fourth-order valence-corrected chi connectivity index (χ4v) is 4.00. The summed E-state index contributed by atoms with van der Waals surface area (Å²) in [5, 5.41) is 8.04. The molecule has 1 fully saturated rings. The van der Waals surface area contributed by atoms with Crippen LogP contribution in [0.15, 0.2) is 10.7 Å². The van der Waals surface area contributed by atoms with E-state index in [0.29, 0.717) is 18.1 Å². The average molecular weight is 344 g/mol. The Balaban J connectivity index is 2.28. The first-order valence-corrected chi connectivity index (χ1v) is 8.29. The average Bonchev–Trinajstić information content (AvgIpc) is 2.80. The highest BCUT2D eigenvalue weighted by Gasteiger charge is 2.38. The number of nitrogens with zero attached hydrogens (tertiary/aromatic N) is 2. The smallest absolute Gasteiger partial charge is 0.0702 e. The summed E-state index contributed by atoms with van der Waals surface area (Å²) in [4.78, 5) is 0. The summed E-state index contributed by atoms with van der Waals surface area (Å²) in [5.41, 5.74) is 1.56. The van der Waals surface area contributed by atoms with Crippen molar-refractivity contribution in [2.24, 2.45) is 5.41 Å². The Morgan fingerprint density at radius 3 is 2.75 bits per heavy atom. The number of rotatable bonds is 6. The van der Waals surface area contributed by atoms with Crippen molar-refractivity contribution >= 4 is 15.9 Å². The van der Waals surface area contributed by atoms with E-state index in [1.165, 1.54) is 37.8 Å². The number of methoxy groups -OCH3 is 1. The molecule has 1 aromatic rings. The molecule has 20 heavy (non-hydrogen) atoms. The molecule has 0 bridgehead atoms. The van der Waals surface area contributed by atoms with Gasteiger partial charge in [-0.25, -0.2) is 0 Å². The molecule has 114 valence electrons. The topological polar surface area (TPSA) is 39.1 Å². The summed E-state index contributed by atoms with van der Waals surface area (Å²) in [5.74, 6) is 0. The summed E-state index contributed by atoms with van der Waals surface area (Å²) in [6.45, 7) is 3.90. The van der Waals surface area contributed by atoms with E-state index >= 15 is 0 Å². The lowest BCUT2D eigenvalue weighted by Crippen LogP contribution is -2.37. The van der Waals surface area contributed by atoms with E-state index in [1.54, 1.807) is 7.11 Å². The number of halogens is 1. The summed E-state index contributed by atoms with van der Waals surface area (Å²) >= 11 is 3.68. The Kier molecular flexibility index (Phi) is 5.64. The van der Waals surface area contributed by atoms with E-state index in [1.807, 2.05) is 6.20 Å². The third-order valence-corrected chi connectivity index (χ3v) is 5.21. The van der Waals surface area contributed by atoms with Crippen LogP contribution >= 0.6 is 15.9 Å². The molecule has 1 aliphatic rings. The molecule has 4 nitrogen and oxygen atoms in total. The molecule has 1 aromatic heterocycles. The van der Waals surface area contributed by atoms with Crippen molar-refractivity contribution in [3.05, 3.63) is 16.4 Å². The zero-order valence-electron chi connectivity index (χ0n) is 12.8. The monoisotopic (exact) mass is 343 g/mol. The zero-order valence-corrected chi connectivity index (χ0v) is 14.4. The van der Waals surface area contributed by atoms with Gasteiger partial charge in [-0.15, -0.1) is 0 Å². The maximum absolute atomic E-state index is 5.20. The SMILES string of the molecule is CNC(c1c(Br)cnn1CCOC)C1(C)CCCCC1. The summed E-state index contributed by atoms with van der Waals surface area (Å²) in [7, 11) is 3.79. The van der Waals surface area contributed by atoms with Crippen LogP contribution in [0.3, 0.4) is 0 Å². The molecule has 2 rings (SSSR count). The molecule has 0 radical (unpaired) electrons. The highest BCUT2D eigenvalue weighted by atomic mass is 79.9. The van der Waals surface area contributed by atoms with Crippen molar-refractivity contribution in [3.8, 4) is 0 Å². The summed E-state index contributed by atoms with van der Waals surface area (Å²) in [6.07, 6.45) is 8.50. The molecule has 5 heteroatoms. The predicted molar refractivity (Wildman–Crippen MR) is 84.8 cm³/mol. The normalized spacial score (nSPS) is 20.0. The van der Waals surface area contributed by atoms with Crippen LogP contribution < -0.4 is 5.32 Å². The molecule has 1 unspecified atom stereocenters. The van der Waals surface area contributed by atoms with Gasteiger partial charge in [-0.1, -0.05) is 26.2 Å². The Labute approximate surface area is 130 Å². The van der Waals surface area contributed by atoms with Crippen molar-refractivity contribution in [1.29, 1.82) is 0 Å². The van der Waals surface area contributed by atoms with E-state index < -0.39 is 0 Å². The van der Waals surface area contributed by atoms with Gasteiger partial charge in [0.15, 0.2) is 0 Å². The van der Waals surface area contributed by atoms with Gasteiger partial charge in [-0.3, -0.25) is 4.68 Å². The first-order chi connectivity index (χ1) is 9.62. The minimum atomic E-state index is 0.306. The van der Waals surface area contributed by atoms with E-state index in [2.05, 4.69) is 45.0 Å². The van der Waals surface area contributed by atoms with E-state index in [9.17, 15) is 0 Å². The van der Waals surface area contributed by atoms with Gasteiger partial charge in [0.05, 0.1) is 35.6 Å². The van der Waals surface area contributed by atoms with Crippen molar-refractivity contribution < 1.29 is 4.74 Å². The van der Waals surface area contributed by atoms with Crippen LogP contribution in [0.2, 0.25) is 0 Å². The molecule has 1 aliphatic carbocycles. The second-order valence-electron chi connectivity index (χ2n) is 6.03. The second-order valence-corrected chi connectivity index (χ2v) is 6.88. The Morgan fingerprint density at radius 2 is 2.15 bits per heavy atom. The molecule has 0 amide bonds. The third kappa shape index (κ3) is 3.26. The van der Waals surface area contributed by atoms with Gasteiger partial charge in [0.2, 0.25) is 0 Å². The van der Waals surface area contributed by atoms with Gasteiger partial charge in [0, 0.05) is 7.11 Å². The van der Waals surface area contributed by atoms with Gasteiger partial charge in [-0.05, 0) is 41.2 Å². The lowest BCUT2D eigenvalue weighted by molar-refractivity contribution is 0.138. The highest BCUT2D eigenvalue weighted by molar-refractivity contribution is 9.10. The Bertz CT molecular complexity index is 427. The molecule has 0 aromatic carbocycles. The van der Waals surface area contributed by atoms with Gasteiger partial charge >= 0.3 is 0 Å². The van der Waals surface area contributed by atoms with Crippen LogP contribution in [0.25, 0.3) is 0 Å². The highest BCUT2D eigenvalue weighted by Crippen LogP contribution is 2.46. The van der Waals surface area contributed by atoms with Crippen molar-refractivity contribution in [3.63, 3.8) is 0 Å². The molecule has 1 N–H and O–H groups in total. The Morgan fingerprint density at radius 1 is 1.45 bits per heavy atom. The second kappa shape index (κ2) is 7.05. The van der Waals surface area contributed by atoms with E-state index in [0.717, 1.165) is 11.0 Å². The first-order valence-electron chi connectivity index (χ1n) is 7.50. The van der Waals surface area contributed by atoms with Crippen LogP contribution in [-0.4, -0.2) is 30.5 Å². The van der Waals surface area contributed by atoms with E-state index in [4.69, 9.17) is 4.74 Å². The predicted octanol–water partition coefficient (Wildman–Crippen LogP) is 3.52. The van der Waals surface area contributed by atoms with Crippen LogP contribution in [0.5, 0.6) is 0 Å². The molecule has 1 heterocycles. The molecular formula is C15H26BrN3O. The van der Waals surface area contributed by atoms with Crippen molar-refractivity contribution in [2.75, 3.05) is 20.8 Å². The molecule has 0 aliphatic heterocycles. The molecule has 0 spiro atoms. The minimum absolute atomic E-state index is 0.306. The fraction of sp³-hybridized carbons (Fsp3) is 0.800. The van der Waals surface area contributed by atoms with Gasteiger partial charge in [0.1, 0.15) is 0 Å². The zero-order chi connectivity index (χ0) is 14.6. The first kappa shape index (κ1) is 16.0. The number of ether oxygens (including phenoxy) is 1. The molecule has 1 atom stereocenters. The van der Waals surface area contributed by atoms with Crippen molar-refractivity contribution in [2.45, 2.75) is 51.6 Å². The third-order valence-electron chi connectivity index (χ3n) is 4.60. The van der Waals surface area contributed by atoms with Crippen LogP contribution in [-0.2, 0) is 11.3 Å². The van der Waals surface area contributed by atoms with Crippen LogP contribution in [0.4, 0.5) is 0 Å². The van der Waals surface area contributed by atoms with Gasteiger partial charge < -0.3 is 10.1 Å². The minimum Gasteiger partial charge on any atom is -0.383 e. The number of nitrogens with one attached hydrogen (secondary N) is 1. The van der Waals surface area contributed by atoms with Gasteiger partial charge in [-0.2, -0.15) is 5.10 Å². The molecule has 1 saturated carbocycles. The van der Waals surface area contributed by atoms with Crippen molar-refractivity contribution in [1.82, 2.24) is 15.1 Å². The van der Waals surface area contributed by atoms with E-state index in [-0.39, 0.29) is 0 Å². The van der Waals surface area contributed by atoms with Crippen LogP contribution in [0.1, 0.15) is 50.8 Å². The molecule has 0 saturated heterocycles. The lowest BCUT2D eigenvalue weighted by atomic mass is 9.69. The fourth-order valence-electron chi connectivity index (χ4n) is 3.48. The Hall–Kier alpha value is -0.390.